The summed E-state index contributed by atoms with van der Waals surface area (Å²) in [4.78, 5) is 11.2. The fourth-order valence-electron chi connectivity index (χ4n) is 4.86. The zero-order chi connectivity index (χ0) is 24.8. The van der Waals surface area contributed by atoms with Crippen molar-refractivity contribution < 1.29 is 42.4 Å². The molecule has 4 rings (SSSR count). The van der Waals surface area contributed by atoms with Crippen LogP contribution in [0.5, 0.6) is 5.75 Å². The fraction of sp³-hybridized carbons (Fsp3) is 0.400. The van der Waals surface area contributed by atoms with E-state index in [1.807, 2.05) is 0 Å². The van der Waals surface area contributed by atoms with Crippen molar-refractivity contribution in [2.24, 2.45) is 11.8 Å². The molecule has 2 aromatic rings. The van der Waals surface area contributed by atoms with Crippen LogP contribution in [0.1, 0.15) is 39.9 Å². The molecule has 1 unspecified atom stereocenters. The Morgan fingerprint density at radius 2 is 1.97 bits per heavy atom. The fourth-order valence-corrected chi connectivity index (χ4v) is 4.86. The molecule has 5 nitrogen and oxygen atoms in total. The molecule has 2 aliphatic rings. The number of rotatable bonds is 5. The van der Waals surface area contributed by atoms with Gasteiger partial charge in [0.15, 0.2) is 11.6 Å². The van der Waals surface area contributed by atoms with Gasteiger partial charge in [-0.25, -0.2) is 13.6 Å². The van der Waals surface area contributed by atoms with Gasteiger partial charge in [-0.3, -0.25) is 0 Å². The van der Waals surface area contributed by atoms with Crippen LogP contribution in [0.4, 0.5) is 17.6 Å². The molecule has 0 aromatic heterocycles. The highest BCUT2D eigenvalue weighted by atomic mass is 19.3. The van der Waals surface area contributed by atoms with E-state index in [1.54, 1.807) is 0 Å². The maximum absolute atomic E-state index is 14.8. The minimum Gasteiger partial charge on any atom is -0.487 e. The first-order valence-corrected chi connectivity index (χ1v) is 10.9. The maximum Gasteiger partial charge on any atom is 0.338 e. The summed E-state index contributed by atoms with van der Waals surface area (Å²) in [5, 5.41) is 29.9. The number of aryl methyl sites for hydroxylation is 2. The number of aliphatic hydroxyl groups is 2. The molecule has 182 valence electrons. The normalized spacial score (nSPS) is 25.4. The Bertz CT molecular complexity index is 1130. The summed E-state index contributed by atoms with van der Waals surface area (Å²) in [7, 11) is 0. The molecular formula is C25H24F4O5. The van der Waals surface area contributed by atoms with Crippen molar-refractivity contribution in [2.75, 3.05) is 0 Å². The maximum atomic E-state index is 14.8. The number of aliphatic hydroxyl groups excluding tert-OH is 2. The first kappa shape index (κ1) is 24.2. The van der Waals surface area contributed by atoms with Crippen molar-refractivity contribution in [1.82, 2.24) is 0 Å². The minimum atomic E-state index is -3.90. The zero-order valence-electron chi connectivity index (χ0n) is 18.2. The van der Waals surface area contributed by atoms with Crippen LogP contribution in [0.15, 0.2) is 42.5 Å². The second kappa shape index (κ2) is 9.03. The van der Waals surface area contributed by atoms with Crippen molar-refractivity contribution in [3.05, 3.63) is 76.4 Å². The number of fused-ring (bicyclic) bond motifs is 2. The summed E-state index contributed by atoms with van der Waals surface area (Å²) in [5.41, 5.74) is -0.557. The average Bonchev–Trinajstić information content (AvgIpc) is 2.94. The third-order valence-corrected chi connectivity index (χ3v) is 6.68. The number of alkyl halides is 2. The van der Waals surface area contributed by atoms with Crippen molar-refractivity contribution in [3.8, 4) is 5.75 Å². The molecule has 9 heteroatoms. The number of carbonyl (C=O) groups is 1. The summed E-state index contributed by atoms with van der Waals surface area (Å²) in [6.07, 6.45) is -1.05. The number of ether oxygens (including phenoxy) is 1. The molecule has 34 heavy (non-hydrogen) atoms. The summed E-state index contributed by atoms with van der Waals surface area (Å²) < 4.78 is 64.0. The van der Waals surface area contributed by atoms with Gasteiger partial charge in [0.1, 0.15) is 18.0 Å². The molecular weight excluding hydrogens is 456 g/mol. The van der Waals surface area contributed by atoms with Gasteiger partial charge in [-0.15, -0.1) is 0 Å². The number of carboxylic acids is 1. The Morgan fingerprint density at radius 3 is 2.68 bits per heavy atom. The molecule has 1 fully saturated rings. The van der Waals surface area contributed by atoms with Crippen LogP contribution in [0.25, 0.3) is 0 Å². The smallest absolute Gasteiger partial charge is 0.338 e. The Hall–Kier alpha value is -2.91. The van der Waals surface area contributed by atoms with Gasteiger partial charge >= 0.3 is 11.9 Å². The van der Waals surface area contributed by atoms with Gasteiger partial charge in [0.25, 0.3) is 0 Å². The number of hydrogen-bond acceptors (Lipinski definition) is 4. The van der Waals surface area contributed by atoms with Crippen LogP contribution in [0, 0.1) is 30.4 Å². The van der Waals surface area contributed by atoms with E-state index in [-0.39, 0.29) is 18.1 Å². The summed E-state index contributed by atoms with van der Waals surface area (Å²) in [6.45, 7) is 1.53. The predicted molar refractivity (Wildman–Crippen MR) is 114 cm³/mol. The molecule has 2 aromatic carbocycles. The number of benzene rings is 2. The first-order valence-electron chi connectivity index (χ1n) is 10.9. The van der Waals surface area contributed by atoms with E-state index < -0.39 is 58.9 Å². The van der Waals surface area contributed by atoms with E-state index in [1.165, 1.54) is 25.1 Å². The Balaban J connectivity index is 1.55. The van der Waals surface area contributed by atoms with E-state index >= 15 is 0 Å². The zero-order valence-corrected chi connectivity index (χ0v) is 18.2. The molecule has 0 spiro atoms. The van der Waals surface area contributed by atoms with Gasteiger partial charge in [0, 0.05) is 18.3 Å². The number of carboxylic acid groups (broad SMARTS) is 1. The van der Waals surface area contributed by atoms with Crippen LogP contribution in [-0.4, -0.2) is 39.6 Å². The Kier molecular flexibility index (Phi) is 6.44. The monoisotopic (exact) mass is 480 g/mol. The van der Waals surface area contributed by atoms with Gasteiger partial charge < -0.3 is 20.1 Å². The lowest BCUT2D eigenvalue weighted by atomic mass is 9.87. The first-order chi connectivity index (χ1) is 16.0. The van der Waals surface area contributed by atoms with Crippen LogP contribution < -0.4 is 4.74 Å². The molecule has 5 atom stereocenters. The molecule has 0 bridgehead atoms. The number of halogens is 4. The third kappa shape index (κ3) is 4.30. The van der Waals surface area contributed by atoms with Gasteiger partial charge in [0.2, 0.25) is 0 Å². The summed E-state index contributed by atoms with van der Waals surface area (Å²) in [6, 6.07) is 5.87. The number of aromatic carboxylic acids is 1. The third-order valence-electron chi connectivity index (χ3n) is 6.68. The predicted octanol–water partition coefficient (Wildman–Crippen LogP) is 4.37. The second-order valence-electron chi connectivity index (χ2n) is 8.90. The summed E-state index contributed by atoms with van der Waals surface area (Å²) in [5.74, 6) is -8.70. The van der Waals surface area contributed by atoms with Gasteiger partial charge in [-0.05, 0) is 43.5 Å². The highest BCUT2D eigenvalue weighted by Gasteiger charge is 2.46. The lowest BCUT2D eigenvalue weighted by Gasteiger charge is -2.24. The SMILES string of the molecule is Cc1ccc(F)c(C(F)(F)C(O)/C=C/[C@@H]2[C@H]3CCc4ccc(C(=O)O)c(F)c4O[C@H]3C[C@H]2O)c1. The van der Waals surface area contributed by atoms with Crippen molar-refractivity contribution in [1.29, 1.82) is 0 Å². The average molecular weight is 480 g/mol. The van der Waals surface area contributed by atoms with E-state index in [9.17, 15) is 32.6 Å². The van der Waals surface area contributed by atoms with Gasteiger partial charge in [0.05, 0.1) is 17.2 Å². The standard InChI is InChI=1S/C25H24F4O5/c1-12-2-8-18(26)17(10-12)25(28,29)21(31)9-7-14-15-5-3-13-4-6-16(24(32)33)22(27)23(13)34-20(15)11-19(14)30/h2,4,6-10,14-15,19-21,30-31H,3,5,11H2,1H3,(H,32,33)/b9-7+/t14-,15-,19-,20+,21?/m1/s1. The highest BCUT2D eigenvalue weighted by Crippen LogP contribution is 2.44. The van der Waals surface area contributed by atoms with Crippen LogP contribution in [0.3, 0.4) is 0 Å². The van der Waals surface area contributed by atoms with E-state index in [0.29, 0.717) is 24.0 Å². The molecule has 0 saturated heterocycles. The quantitative estimate of drug-likeness (QED) is 0.437. The van der Waals surface area contributed by atoms with E-state index in [2.05, 4.69) is 0 Å². The molecule has 1 saturated carbocycles. The molecule has 3 N–H and O–H groups in total. The Morgan fingerprint density at radius 1 is 1.24 bits per heavy atom. The molecule has 1 heterocycles. The second-order valence-corrected chi connectivity index (χ2v) is 8.90. The lowest BCUT2D eigenvalue weighted by Crippen LogP contribution is -2.31. The van der Waals surface area contributed by atoms with Crippen LogP contribution >= 0.6 is 0 Å². The topological polar surface area (TPSA) is 87.0 Å². The van der Waals surface area contributed by atoms with Gasteiger partial charge in [-0.2, -0.15) is 8.78 Å². The van der Waals surface area contributed by atoms with Crippen LogP contribution in [0.2, 0.25) is 0 Å². The van der Waals surface area contributed by atoms with Crippen molar-refractivity contribution >= 4 is 5.97 Å². The largest absolute Gasteiger partial charge is 0.487 e. The molecule has 0 amide bonds. The minimum absolute atomic E-state index is 0.0782. The van der Waals surface area contributed by atoms with Crippen molar-refractivity contribution in [2.45, 2.75) is 50.4 Å². The molecule has 1 aliphatic carbocycles. The van der Waals surface area contributed by atoms with Crippen LogP contribution in [-0.2, 0) is 12.3 Å². The summed E-state index contributed by atoms with van der Waals surface area (Å²) >= 11 is 0. The van der Waals surface area contributed by atoms with E-state index in [4.69, 9.17) is 9.84 Å². The number of hydrogen-bond donors (Lipinski definition) is 3. The van der Waals surface area contributed by atoms with Crippen molar-refractivity contribution in [3.63, 3.8) is 0 Å². The van der Waals surface area contributed by atoms with E-state index in [0.717, 1.165) is 24.3 Å². The Labute approximate surface area is 193 Å². The lowest BCUT2D eigenvalue weighted by molar-refractivity contribution is -0.0953. The van der Waals surface area contributed by atoms with Gasteiger partial charge in [-0.1, -0.05) is 29.8 Å². The molecule has 1 aliphatic heterocycles. The molecule has 0 radical (unpaired) electrons. The highest BCUT2D eigenvalue weighted by molar-refractivity contribution is 5.88.